The molecule has 23 heavy (non-hydrogen) atoms. The molecule has 0 aliphatic heterocycles. The lowest BCUT2D eigenvalue weighted by Crippen LogP contribution is -2.06. The van der Waals surface area contributed by atoms with Crippen molar-refractivity contribution >= 4 is 0 Å². The van der Waals surface area contributed by atoms with Crippen molar-refractivity contribution in [3.8, 4) is 0 Å². The molecular weight excluding hydrogens is 284 g/mol. The molecule has 0 aliphatic rings. The summed E-state index contributed by atoms with van der Waals surface area (Å²) in [5.74, 6) is 1.13. The lowest BCUT2D eigenvalue weighted by molar-refractivity contribution is 0.274. The van der Waals surface area contributed by atoms with Gasteiger partial charge in [0.25, 0.3) is 0 Å². The van der Waals surface area contributed by atoms with E-state index in [-0.39, 0.29) is 6.61 Å². The Labute approximate surface area is 143 Å². The van der Waals surface area contributed by atoms with Gasteiger partial charge in [-0.15, -0.1) is 0 Å². The van der Waals surface area contributed by atoms with Crippen LogP contribution in [0.4, 0.5) is 0 Å². The van der Waals surface area contributed by atoms with E-state index in [4.69, 9.17) is 5.11 Å². The van der Waals surface area contributed by atoms with Gasteiger partial charge in [-0.25, -0.2) is 4.98 Å². The number of rotatable bonds is 16. The van der Waals surface area contributed by atoms with E-state index in [1.807, 2.05) is 12.4 Å². The van der Waals surface area contributed by atoms with Crippen LogP contribution >= 0.6 is 0 Å². The molecule has 1 heterocycles. The average Bonchev–Trinajstić information content (AvgIpc) is 2.99. The molecular formula is C20H38N2O. The van der Waals surface area contributed by atoms with Gasteiger partial charge in [-0.2, -0.15) is 0 Å². The zero-order valence-corrected chi connectivity index (χ0v) is 15.3. The van der Waals surface area contributed by atoms with Gasteiger partial charge in [-0.3, -0.25) is 0 Å². The molecule has 0 atom stereocenters. The Bertz CT molecular complexity index is 362. The van der Waals surface area contributed by atoms with Gasteiger partial charge < -0.3 is 9.67 Å². The number of aliphatic hydroxyl groups is 1. The monoisotopic (exact) mass is 322 g/mol. The lowest BCUT2D eigenvalue weighted by Gasteiger charge is -2.06. The normalized spacial score (nSPS) is 11.2. The Balaban J connectivity index is 1.84. The first-order valence-electron chi connectivity index (χ1n) is 9.99. The number of nitrogens with zero attached hydrogens (tertiary/aromatic N) is 2. The van der Waals surface area contributed by atoms with Crippen LogP contribution in [0, 0.1) is 0 Å². The fraction of sp³-hybridized carbons (Fsp3) is 0.850. The molecule has 1 aromatic rings. The van der Waals surface area contributed by atoms with Crippen LogP contribution < -0.4 is 0 Å². The maximum Gasteiger partial charge on any atom is 0.108 e. The van der Waals surface area contributed by atoms with Gasteiger partial charge in [0.05, 0.1) is 6.61 Å². The standard InChI is InChI=1S/C20H38N2O/c1-2-3-4-5-6-7-8-9-10-11-12-13-14-15-20-21-16-17-22(20)18-19-23/h16-17,23H,2-15,18-19H2,1H3. The molecule has 0 unspecified atom stereocenters. The molecule has 0 aliphatic carbocycles. The summed E-state index contributed by atoms with van der Waals surface area (Å²) in [6.45, 7) is 3.15. The summed E-state index contributed by atoms with van der Waals surface area (Å²) in [5.41, 5.74) is 0. The van der Waals surface area contributed by atoms with Crippen LogP contribution in [0.15, 0.2) is 12.4 Å². The molecule has 0 fully saturated rings. The summed E-state index contributed by atoms with van der Waals surface area (Å²) in [4.78, 5) is 4.38. The van der Waals surface area contributed by atoms with Gasteiger partial charge in [0.1, 0.15) is 5.82 Å². The first-order chi connectivity index (χ1) is 11.4. The third-order valence-electron chi connectivity index (χ3n) is 4.65. The van der Waals surface area contributed by atoms with E-state index in [1.165, 1.54) is 83.5 Å². The summed E-state index contributed by atoms with van der Waals surface area (Å²) in [5, 5.41) is 9.00. The molecule has 1 N–H and O–H groups in total. The Morgan fingerprint density at radius 1 is 0.826 bits per heavy atom. The third-order valence-corrected chi connectivity index (χ3v) is 4.65. The highest BCUT2D eigenvalue weighted by atomic mass is 16.3. The summed E-state index contributed by atoms with van der Waals surface area (Å²) in [7, 11) is 0. The molecule has 3 heteroatoms. The highest BCUT2D eigenvalue weighted by molar-refractivity contribution is 4.92. The molecule has 0 amide bonds. The molecule has 0 saturated heterocycles. The second-order valence-electron chi connectivity index (χ2n) is 6.75. The van der Waals surface area contributed by atoms with Crippen LogP contribution in [0.25, 0.3) is 0 Å². The number of hydrogen-bond acceptors (Lipinski definition) is 2. The number of aryl methyl sites for hydroxylation is 1. The van der Waals surface area contributed by atoms with E-state index >= 15 is 0 Å². The summed E-state index contributed by atoms with van der Waals surface area (Å²) in [6, 6.07) is 0. The van der Waals surface area contributed by atoms with Crippen molar-refractivity contribution in [1.82, 2.24) is 9.55 Å². The number of hydrogen-bond donors (Lipinski definition) is 1. The summed E-state index contributed by atoms with van der Waals surface area (Å²) in [6.07, 6.45) is 22.9. The lowest BCUT2D eigenvalue weighted by atomic mass is 10.0. The molecule has 0 saturated carbocycles. The quantitative estimate of drug-likeness (QED) is 0.408. The summed E-state index contributed by atoms with van der Waals surface area (Å²) >= 11 is 0. The first-order valence-corrected chi connectivity index (χ1v) is 9.99. The van der Waals surface area contributed by atoms with Gasteiger partial charge >= 0.3 is 0 Å². The molecule has 0 aromatic carbocycles. The molecule has 3 nitrogen and oxygen atoms in total. The van der Waals surface area contributed by atoms with Crippen LogP contribution in [0.5, 0.6) is 0 Å². The fourth-order valence-electron chi connectivity index (χ4n) is 3.18. The van der Waals surface area contributed by atoms with E-state index in [0.29, 0.717) is 6.54 Å². The van der Waals surface area contributed by atoms with Crippen LogP contribution in [0.3, 0.4) is 0 Å². The third kappa shape index (κ3) is 10.5. The highest BCUT2D eigenvalue weighted by Crippen LogP contribution is 2.13. The van der Waals surface area contributed by atoms with Crippen molar-refractivity contribution in [2.24, 2.45) is 0 Å². The minimum Gasteiger partial charge on any atom is -0.395 e. The van der Waals surface area contributed by atoms with Gasteiger partial charge in [0.2, 0.25) is 0 Å². The largest absolute Gasteiger partial charge is 0.395 e. The fourth-order valence-corrected chi connectivity index (χ4v) is 3.18. The highest BCUT2D eigenvalue weighted by Gasteiger charge is 2.01. The molecule has 1 aromatic heterocycles. The van der Waals surface area contributed by atoms with Crippen LogP contribution in [0.1, 0.15) is 96.2 Å². The maximum atomic E-state index is 9.00. The molecule has 0 bridgehead atoms. The maximum absolute atomic E-state index is 9.00. The Morgan fingerprint density at radius 2 is 1.35 bits per heavy atom. The molecule has 134 valence electrons. The van der Waals surface area contributed by atoms with E-state index in [9.17, 15) is 0 Å². The SMILES string of the molecule is CCCCCCCCCCCCCCCc1nccn1CCO. The zero-order valence-electron chi connectivity index (χ0n) is 15.3. The van der Waals surface area contributed by atoms with Gasteiger partial charge in [0.15, 0.2) is 0 Å². The van der Waals surface area contributed by atoms with E-state index in [2.05, 4.69) is 16.5 Å². The van der Waals surface area contributed by atoms with E-state index in [0.717, 1.165) is 12.2 Å². The van der Waals surface area contributed by atoms with E-state index in [1.54, 1.807) is 0 Å². The van der Waals surface area contributed by atoms with Crippen molar-refractivity contribution in [3.05, 3.63) is 18.2 Å². The average molecular weight is 323 g/mol. The predicted molar refractivity (Wildman–Crippen MR) is 98.7 cm³/mol. The number of unbranched alkanes of at least 4 members (excludes halogenated alkanes) is 12. The van der Waals surface area contributed by atoms with Crippen molar-refractivity contribution in [3.63, 3.8) is 0 Å². The number of imidazole rings is 1. The zero-order chi connectivity index (χ0) is 16.6. The van der Waals surface area contributed by atoms with E-state index < -0.39 is 0 Å². The first kappa shape index (κ1) is 20.2. The van der Waals surface area contributed by atoms with Gasteiger partial charge in [-0.05, 0) is 6.42 Å². The molecule has 0 radical (unpaired) electrons. The van der Waals surface area contributed by atoms with Crippen LogP contribution in [0.2, 0.25) is 0 Å². The van der Waals surface area contributed by atoms with Crippen molar-refractivity contribution in [2.45, 2.75) is 103 Å². The minimum absolute atomic E-state index is 0.196. The van der Waals surface area contributed by atoms with Crippen molar-refractivity contribution < 1.29 is 5.11 Å². The smallest absolute Gasteiger partial charge is 0.108 e. The van der Waals surface area contributed by atoms with Gasteiger partial charge in [-0.1, -0.05) is 84.0 Å². The molecule has 1 rings (SSSR count). The Morgan fingerprint density at radius 3 is 1.87 bits per heavy atom. The van der Waals surface area contributed by atoms with Crippen LogP contribution in [-0.2, 0) is 13.0 Å². The summed E-state index contributed by atoms with van der Waals surface area (Å²) < 4.78 is 2.07. The molecule has 0 spiro atoms. The number of aromatic nitrogens is 2. The second kappa shape index (κ2) is 14.7. The Kier molecular flexibility index (Phi) is 13.0. The second-order valence-corrected chi connectivity index (χ2v) is 6.75. The van der Waals surface area contributed by atoms with Crippen molar-refractivity contribution in [2.75, 3.05) is 6.61 Å². The number of aliphatic hydroxyl groups excluding tert-OH is 1. The predicted octanol–water partition coefficient (Wildman–Crippen LogP) is 5.51. The topological polar surface area (TPSA) is 38.0 Å². The van der Waals surface area contributed by atoms with Crippen molar-refractivity contribution in [1.29, 1.82) is 0 Å². The Hall–Kier alpha value is -0.830. The van der Waals surface area contributed by atoms with Crippen LogP contribution in [-0.4, -0.2) is 21.3 Å². The minimum atomic E-state index is 0.196. The van der Waals surface area contributed by atoms with Gasteiger partial charge in [0, 0.05) is 25.4 Å².